The van der Waals surface area contributed by atoms with Crippen LogP contribution in [0.4, 0.5) is 0 Å². The lowest BCUT2D eigenvalue weighted by molar-refractivity contribution is 0.673. The van der Waals surface area contributed by atoms with Crippen molar-refractivity contribution in [1.29, 1.82) is 0 Å². The fourth-order valence-corrected chi connectivity index (χ4v) is 12.6. The van der Waals surface area contributed by atoms with Crippen molar-refractivity contribution >= 4 is 94.5 Å². The largest absolute Gasteiger partial charge is 0.455 e. The maximum Gasteiger partial charge on any atom is 0.143 e. The number of fused-ring (bicyclic) bond motifs is 10. The Bertz CT molecular complexity index is 3290. The fourth-order valence-electron chi connectivity index (χ4n) is 9.53. The minimum Gasteiger partial charge on any atom is -0.455 e. The van der Waals surface area contributed by atoms with Crippen LogP contribution in [0, 0.1) is 0 Å². The van der Waals surface area contributed by atoms with Crippen LogP contribution in [0.1, 0.15) is 0 Å². The molecule has 0 unspecified atom stereocenters. The summed E-state index contributed by atoms with van der Waals surface area (Å²) in [7, 11) is -1.78. The molecule has 0 amide bonds. The predicted octanol–water partition coefficient (Wildman–Crippen LogP) is 12.1. The Hall–Kier alpha value is -6.16. The molecule has 0 radical (unpaired) electrons. The summed E-state index contributed by atoms with van der Waals surface area (Å²) in [5.41, 5.74) is 10.9. The van der Waals surface area contributed by atoms with Crippen molar-refractivity contribution in [2.75, 3.05) is 0 Å². The molecular formula is C48H31NOSi. The molecule has 3 heteroatoms. The van der Waals surface area contributed by atoms with E-state index in [1.165, 1.54) is 81.9 Å². The lowest BCUT2D eigenvalue weighted by Gasteiger charge is -2.19. The van der Waals surface area contributed by atoms with E-state index in [1.807, 2.05) is 0 Å². The molecule has 238 valence electrons. The van der Waals surface area contributed by atoms with Gasteiger partial charge in [-0.25, -0.2) is 0 Å². The Labute approximate surface area is 295 Å². The van der Waals surface area contributed by atoms with Crippen molar-refractivity contribution in [2.45, 2.75) is 13.1 Å². The number of furan rings is 1. The van der Waals surface area contributed by atoms with Crippen LogP contribution >= 0.6 is 0 Å². The molecule has 12 rings (SSSR count). The van der Waals surface area contributed by atoms with Crippen LogP contribution in [0.15, 0.2) is 156 Å². The summed E-state index contributed by atoms with van der Waals surface area (Å²) in [6.07, 6.45) is 0. The first-order valence-electron chi connectivity index (χ1n) is 17.8. The molecule has 11 aromatic rings. The molecule has 0 N–H and O–H groups in total. The predicted molar refractivity (Wildman–Crippen MR) is 219 cm³/mol. The first-order valence-corrected chi connectivity index (χ1v) is 20.8. The lowest BCUT2D eigenvalue weighted by atomic mass is 9.91. The highest BCUT2D eigenvalue weighted by molar-refractivity contribution is 7.03. The highest BCUT2D eigenvalue weighted by atomic mass is 28.3. The molecule has 0 atom stereocenters. The van der Waals surface area contributed by atoms with E-state index in [4.69, 9.17) is 4.42 Å². The summed E-state index contributed by atoms with van der Waals surface area (Å²) in [4.78, 5) is 0. The summed E-state index contributed by atoms with van der Waals surface area (Å²) in [6, 6.07) is 56.6. The van der Waals surface area contributed by atoms with E-state index >= 15 is 0 Å². The van der Waals surface area contributed by atoms with Crippen molar-refractivity contribution < 1.29 is 4.42 Å². The van der Waals surface area contributed by atoms with Gasteiger partial charge in [-0.15, -0.1) is 0 Å². The molecule has 1 aliphatic rings. The van der Waals surface area contributed by atoms with Gasteiger partial charge in [0.15, 0.2) is 0 Å². The molecule has 1 aliphatic heterocycles. The Morgan fingerprint density at radius 2 is 1.20 bits per heavy atom. The second kappa shape index (κ2) is 9.54. The molecule has 0 saturated heterocycles. The average Bonchev–Trinajstić information content (AvgIpc) is 3.79. The molecule has 0 fully saturated rings. The van der Waals surface area contributed by atoms with Gasteiger partial charge in [-0.05, 0) is 91.3 Å². The van der Waals surface area contributed by atoms with Gasteiger partial charge in [0, 0.05) is 37.7 Å². The molecule has 0 aliphatic carbocycles. The first-order chi connectivity index (χ1) is 25.0. The third-order valence-electron chi connectivity index (χ3n) is 11.9. The monoisotopic (exact) mass is 665 g/mol. The van der Waals surface area contributed by atoms with Gasteiger partial charge in [-0.1, -0.05) is 122 Å². The van der Waals surface area contributed by atoms with Gasteiger partial charge in [-0.3, -0.25) is 0 Å². The Morgan fingerprint density at radius 1 is 0.451 bits per heavy atom. The number of hydrogen-bond acceptors (Lipinski definition) is 1. The summed E-state index contributed by atoms with van der Waals surface area (Å²) >= 11 is 0. The molecular weight excluding hydrogens is 635 g/mol. The van der Waals surface area contributed by atoms with Gasteiger partial charge >= 0.3 is 0 Å². The number of nitrogens with zero attached hydrogens (tertiary/aromatic N) is 1. The van der Waals surface area contributed by atoms with Crippen LogP contribution in [0.3, 0.4) is 0 Å². The SMILES string of the molecule is C[Si]1(C)c2ccccc2-c2ccc(-c3ccc4c(c3)c3ccccc3n4-c3cc4cccc5ccc6c7oc8ccccc8c7cc3c6c54)cc21. The molecule has 2 nitrogen and oxygen atoms in total. The Kier molecular flexibility index (Phi) is 5.17. The molecule has 0 saturated carbocycles. The number of aromatic nitrogens is 1. The van der Waals surface area contributed by atoms with E-state index in [1.54, 1.807) is 5.19 Å². The van der Waals surface area contributed by atoms with Crippen molar-refractivity contribution in [2.24, 2.45) is 0 Å². The summed E-state index contributed by atoms with van der Waals surface area (Å²) in [6.45, 7) is 4.99. The van der Waals surface area contributed by atoms with E-state index in [9.17, 15) is 0 Å². The Balaban J connectivity index is 1.15. The highest BCUT2D eigenvalue weighted by Crippen LogP contribution is 2.46. The van der Waals surface area contributed by atoms with Crippen molar-refractivity contribution in [3.63, 3.8) is 0 Å². The molecule has 51 heavy (non-hydrogen) atoms. The smallest absolute Gasteiger partial charge is 0.143 e. The van der Waals surface area contributed by atoms with Crippen molar-refractivity contribution in [1.82, 2.24) is 4.57 Å². The maximum absolute atomic E-state index is 6.59. The summed E-state index contributed by atoms with van der Waals surface area (Å²) < 4.78 is 9.09. The van der Waals surface area contributed by atoms with Crippen LogP contribution in [0.2, 0.25) is 13.1 Å². The van der Waals surface area contributed by atoms with Crippen LogP contribution in [0.5, 0.6) is 0 Å². The zero-order valence-electron chi connectivity index (χ0n) is 28.3. The fraction of sp³-hybridized carbons (Fsp3) is 0.0417. The van der Waals surface area contributed by atoms with Crippen LogP contribution in [-0.2, 0) is 0 Å². The standard InChI is InChI=1S/C48H31NOSi/c1-51(2)44-17-8-5-14-34(44)35-21-19-30(26-45(35)51)29-20-23-41-37(24-29)32-12-3-6-15-40(32)49(41)42-25-31-11-9-10-28-18-22-36-47(46(28)31)39(42)27-38-33-13-4-7-16-43(33)50-48(36)38/h3-27H,1-2H3. The number of rotatable bonds is 2. The van der Waals surface area contributed by atoms with Crippen molar-refractivity contribution in [3.05, 3.63) is 152 Å². The van der Waals surface area contributed by atoms with Gasteiger partial charge in [-0.2, -0.15) is 0 Å². The molecule has 2 aromatic heterocycles. The minimum absolute atomic E-state index is 0.926. The van der Waals surface area contributed by atoms with E-state index in [0.717, 1.165) is 27.3 Å². The Morgan fingerprint density at radius 3 is 2.14 bits per heavy atom. The van der Waals surface area contributed by atoms with Gasteiger partial charge in [0.2, 0.25) is 0 Å². The number of hydrogen-bond donors (Lipinski definition) is 0. The van der Waals surface area contributed by atoms with Gasteiger partial charge in [0.05, 0.1) is 16.7 Å². The highest BCUT2D eigenvalue weighted by Gasteiger charge is 2.37. The zero-order chi connectivity index (χ0) is 33.6. The topological polar surface area (TPSA) is 18.1 Å². The quantitative estimate of drug-likeness (QED) is 0.133. The third kappa shape index (κ3) is 3.51. The van der Waals surface area contributed by atoms with Crippen LogP contribution in [-0.4, -0.2) is 12.6 Å². The van der Waals surface area contributed by atoms with E-state index in [0.29, 0.717) is 0 Å². The second-order valence-electron chi connectivity index (χ2n) is 14.9. The van der Waals surface area contributed by atoms with Crippen LogP contribution < -0.4 is 10.4 Å². The molecule has 0 spiro atoms. The maximum atomic E-state index is 6.59. The molecule has 0 bridgehead atoms. The van der Waals surface area contributed by atoms with Crippen molar-refractivity contribution in [3.8, 4) is 27.9 Å². The summed E-state index contributed by atoms with van der Waals surface area (Å²) in [5.74, 6) is 0. The lowest BCUT2D eigenvalue weighted by Crippen LogP contribution is -2.49. The number of benzene rings is 9. The third-order valence-corrected chi connectivity index (χ3v) is 15.5. The molecule has 9 aromatic carbocycles. The first kappa shape index (κ1) is 27.6. The average molecular weight is 666 g/mol. The summed E-state index contributed by atoms with van der Waals surface area (Å²) in [5, 5.41) is 15.4. The van der Waals surface area contributed by atoms with Gasteiger partial charge in [0.1, 0.15) is 19.2 Å². The van der Waals surface area contributed by atoms with Gasteiger partial charge in [0.25, 0.3) is 0 Å². The van der Waals surface area contributed by atoms with E-state index in [-0.39, 0.29) is 0 Å². The normalized spacial score (nSPS) is 13.8. The molecule has 3 heterocycles. The van der Waals surface area contributed by atoms with Gasteiger partial charge < -0.3 is 8.98 Å². The second-order valence-corrected chi connectivity index (χ2v) is 19.2. The van der Waals surface area contributed by atoms with E-state index in [2.05, 4.69) is 169 Å². The minimum atomic E-state index is -1.78. The van der Waals surface area contributed by atoms with Crippen LogP contribution in [0.25, 0.3) is 104 Å². The zero-order valence-corrected chi connectivity index (χ0v) is 29.3. The van der Waals surface area contributed by atoms with E-state index < -0.39 is 8.07 Å². The number of para-hydroxylation sites is 2.